The number of imide groups is 2. The fraction of sp³-hybridized carbons (Fsp3) is 0.545. The second-order valence-electron chi connectivity index (χ2n) is 8.34. The molecule has 0 spiro atoms. The van der Waals surface area contributed by atoms with Crippen LogP contribution in [0.2, 0.25) is 0 Å². The number of aliphatic hydroxyl groups excluding tert-OH is 1. The Morgan fingerprint density at radius 1 is 0.935 bits per heavy atom. The van der Waals surface area contributed by atoms with Gasteiger partial charge in [0.15, 0.2) is 12.4 Å². The predicted octanol–water partition coefficient (Wildman–Crippen LogP) is 1.42. The lowest BCUT2D eigenvalue weighted by molar-refractivity contribution is -0.149. The zero-order valence-electron chi connectivity index (χ0n) is 17.4. The van der Waals surface area contributed by atoms with Gasteiger partial charge >= 0.3 is 6.03 Å². The van der Waals surface area contributed by atoms with Gasteiger partial charge in [0.1, 0.15) is 0 Å². The minimum absolute atomic E-state index is 0.0804. The van der Waals surface area contributed by atoms with E-state index in [1.54, 1.807) is 4.90 Å². The average molecular weight is 428 g/mol. The number of nitrogens with zero attached hydrogens (tertiary/aromatic N) is 3. The highest BCUT2D eigenvalue weighted by Gasteiger charge is 2.47. The molecule has 5 amide bonds. The van der Waals surface area contributed by atoms with Crippen molar-refractivity contribution in [2.75, 3.05) is 18.0 Å². The summed E-state index contributed by atoms with van der Waals surface area (Å²) in [4.78, 5) is 54.3. The number of likely N-dealkylation sites (tertiary alicyclic amines) is 1. The molecule has 0 radical (unpaired) electrons. The van der Waals surface area contributed by atoms with Gasteiger partial charge in [-0.05, 0) is 25.0 Å². The Morgan fingerprint density at radius 3 is 2.23 bits per heavy atom. The summed E-state index contributed by atoms with van der Waals surface area (Å²) in [6.07, 6.45) is 2.18. The van der Waals surface area contributed by atoms with Crippen molar-refractivity contribution in [1.82, 2.24) is 15.1 Å². The number of rotatable bonds is 3. The molecule has 4 rings (SSSR count). The first-order valence-electron chi connectivity index (χ1n) is 10.9. The smallest absolute Gasteiger partial charge is 0.326 e. The van der Waals surface area contributed by atoms with E-state index in [2.05, 4.69) is 5.32 Å². The molecule has 0 bridgehead atoms. The van der Waals surface area contributed by atoms with Crippen LogP contribution in [0, 0.1) is 5.92 Å². The molecule has 1 aromatic rings. The van der Waals surface area contributed by atoms with Gasteiger partial charge in [-0.25, -0.2) is 4.79 Å². The minimum Gasteiger partial charge on any atom is -0.369 e. The van der Waals surface area contributed by atoms with Crippen molar-refractivity contribution in [2.24, 2.45) is 5.92 Å². The molecule has 9 heteroatoms. The largest absolute Gasteiger partial charge is 0.369 e. The Labute approximate surface area is 181 Å². The van der Waals surface area contributed by atoms with E-state index in [-0.39, 0.29) is 43.0 Å². The van der Waals surface area contributed by atoms with E-state index < -0.39 is 18.4 Å². The number of nitrogens with one attached hydrogen (secondary N) is 1. The molecule has 31 heavy (non-hydrogen) atoms. The SMILES string of the molecule is O=C(NC(=O)N1CCN(c2ccccc2)C(N2C(=O)CCC2=O)C1O)C1CCCCC1. The highest BCUT2D eigenvalue weighted by Crippen LogP contribution is 2.29. The summed E-state index contributed by atoms with van der Waals surface area (Å²) in [6, 6.07) is 8.46. The van der Waals surface area contributed by atoms with Crippen LogP contribution < -0.4 is 10.2 Å². The number of aliphatic hydroxyl groups is 1. The molecule has 2 N–H and O–H groups in total. The summed E-state index contributed by atoms with van der Waals surface area (Å²) in [6.45, 7) is 0.445. The maximum absolute atomic E-state index is 12.9. The first kappa shape index (κ1) is 21.3. The van der Waals surface area contributed by atoms with Gasteiger partial charge in [0.2, 0.25) is 17.7 Å². The molecular weight excluding hydrogens is 400 g/mol. The molecular formula is C22H28N4O5. The molecule has 2 aliphatic heterocycles. The Hall–Kier alpha value is -2.94. The van der Waals surface area contributed by atoms with E-state index in [0.29, 0.717) is 6.54 Å². The number of carbonyl (C=O) groups is 4. The fourth-order valence-electron chi connectivity index (χ4n) is 4.73. The standard InChI is InChI=1S/C22H28N4O5/c27-17-11-12-18(28)26(17)20-21(30)25(14-13-24(20)16-9-5-2-6-10-16)22(31)23-19(29)15-7-3-1-4-8-15/h2,5-6,9-10,15,20-21,30H,1,3-4,7-8,11-14H2,(H,23,29,31). The van der Waals surface area contributed by atoms with E-state index in [4.69, 9.17) is 0 Å². The predicted molar refractivity (Wildman–Crippen MR) is 111 cm³/mol. The monoisotopic (exact) mass is 428 g/mol. The zero-order chi connectivity index (χ0) is 22.0. The van der Waals surface area contributed by atoms with Crippen LogP contribution in [0.15, 0.2) is 30.3 Å². The van der Waals surface area contributed by atoms with Gasteiger partial charge < -0.3 is 10.0 Å². The van der Waals surface area contributed by atoms with Crippen molar-refractivity contribution in [3.63, 3.8) is 0 Å². The number of urea groups is 1. The third-order valence-corrected chi connectivity index (χ3v) is 6.40. The van der Waals surface area contributed by atoms with Crippen LogP contribution in [0.1, 0.15) is 44.9 Å². The maximum Gasteiger partial charge on any atom is 0.326 e. The number of benzene rings is 1. The minimum atomic E-state index is -1.46. The number of amides is 5. The summed E-state index contributed by atoms with van der Waals surface area (Å²) in [5.74, 6) is -1.28. The topological polar surface area (TPSA) is 110 Å². The van der Waals surface area contributed by atoms with E-state index in [9.17, 15) is 24.3 Å². The van der Waals surface area contributed by atoms with Gasteiger partial charge in [-0.1, -0.05) is 37.5 Å². The van der Waals surface area contributed by atoms with Crippen LogP contribution >= 0.6 is 0 Å². The Morgan fingerprint density at radius 2 is 1.58 bits per heavy atom. The van der Waals surface area contributed by atoms with Crippen molar-refractivity contribution in [2.45, 2.75) is 57.3 Å². The lowest BCUT2D eigenvalue weighted by atomic mass is 9.89. The second-order valence-corrected chi connectivity index (χ2v) is 8.34. The third kappa shape index (κ3) is 4.27. The third-order valence-electron chi connectivity index (χ3n) is 6.40. The number of hydrogen-bond donors (Lipinski definition) is 2. The molecule has 9 nitrogen and oxygen atoms in total. The van der Waals surface area contributed by atoms with Crippen LogP contribution in [0.4, 0.5) is 10.5 Å². The van der Waals surface area contributed by atoms with Crippen molar-refractivity contribution in [3.05, 3.63) is 30.3 Å². The lowest BCUT2D eigenvalue weighted by Crippen LogP contribution is -2.69. The number of para-hydroxylation sites is 1. The quantitative estimate of drug-likeness (QED) is 0.705. The number of hydrogen-bond acceptors (Lipinski definition) is 6. The van der Waals surface area contributed by atoms with Crippen LogP contribution in [0.3, 0.4) is 0 Å². The van der Waals surface area contributed by atoms with Crippen LogP contribution in [-0.4, -0.2) is 64.1 Å². The van der Waals surface area contributed by atoms with Crippen LogP contribution in [-0.2, 0) is 14.4 Å². The number of anilines is 1. The van der Waals surface area contributed by atoms with Gasteiger partial charge in [0.05, 0.1) is 0 Å². The highest BCUT2D eigenvalue weighted by atomic mass is 16.3. The average Bonchev–Trinajstić information content (AvgIpc) is 3.12. The van der Waals surface area contributed by atoms with Crippen LogP contribution in [0.25, 0.3) is 0 Å². The molecule has 2 saturated heterocycles. The summed E-state index contributed by atoms with van der Waals surface area (Å²) < 4.78 is 0. The molecule has 2 atom stereocenters. The van der Waals surface area contributed by atoms with E-state index in [0.717, 1.165) is 47.6 Å². The summed E-state index contributed by atoms with van der Waals surface area (Å²) >= 11 is 0. The fourth-order valence-corrected chi connectivity index (χ4v) is 4.73. The van der Waals surface area contributed by atoms with E-state index in [1.807, 2.05) is 30.3 Å². The number of piperazine rings is 1. The molecule has 2 heterocycles. The lowest BCUT2D eigenvalue weighted by Gasteiger charge is -2.48. The molecule has 2 unspecified atom stereocenters. The molecule has 1 saturated carbocycles. The molecule has 3 aliphatic rings. The normalized spacial score (nSPS) is 25.1. The second kappa shape index (κ2) is 9.05. The molecule has 1 aliphatic carbocycles. The first-order valence-corrected chi connectivity index (χ1v) is 10.9. The molecule has 3 fully saturated rings. The van der Waals surface area contributed by atoms with E-state index in [1.165, 1.54) is 0 Å². The van der Waals surface area contributed by atoms with Gasteiger partial charge in [0.25, 0.3) is 0 Å². The van der Waals surface area contributed by atoms with Gasteiger partial charge in [-0.15, -0.1) is 0 Å². The highest BCUT2D eigenvalue weighted by molar-refractivity contribution is 6.02. The Balaban J connectivity index is 1.54. The van der Waals surface area contributed by atoms with Gasteiger partial charge in [0, 0.05) is 37.5 Å². The van der Waals surface area contributed by atoms with Crippen LogP contribution in [0.5, 0.6) is 0 Å². The maximum atomic E-state index is 12.9. The van der Waals surface area contributed by atoms with Crippen molar-refractivity contribution in [3.8, 4) is 0 Å². The summed E-state index contributed by atoms with van der Waals surface area (Å²) in [5, 5.41) is 13.5. The summed E-state index contributed by atoms with van der Waals surface area (Å²) in [5.41, 5.74) is 0.734. The van der Waals surface area contributed by atoms with Gasteiger partial charge in [-0.3, -0.25) is 29.5 Å². The zero-order valence-corrected chi connectivity index (χ0v) is 17.4. The van der Waals surface area contributed by atoms with Crippen molar-refractivity contribution >= 4 is 29.4 Å². The summed E-state index contributed by atoms with van der Waals surface area (Å²) in [7, 11) is 0. The van der Waals surface area contributed by atoms with E-state index >= 15 is 0 Å². The molecule has 166 valence electrons. The Bertz CT molecular complexity index is 839. The number of carbonyl (C=O) groups excluding carboxylic acids is 4. The van der Waals surface area contributed by atoms with Crippen molar-refractivity contribution < 1.29 is 24.3 Å². The Kier molecular flexibility index (Phi) is 6.22. The van der Waals surface area contributed by atoms with Gasteiger partial charge in [-0.2, -0.15) is 0 Å². The molecule has 1 aromatic carbocycles. The van der Waals surface area contributed by atoms with Crippen molar-refractivity contribution in [1.29, 1.82) is 0 Å². The molecule has 0 aromatic heterocycles. The first-order chi connectivity index (χ1) is 15.0.